The maximum atomic E-state index is 13.1. The minimum atomic E-state index is -0.838. The van der Waals surface area contributed by atoms with Gasteiger partial charge in [0.1, 0.15) is 17.7 Å². The van der Waals surface area contributed by atoms with Crippen molar-refractivity contribution in [3.05, 3.63) is 58.8 Å². The lowest BCUT2D eigenvalue weighted by Crippen LogP contribution is -2.02. The second-order valence-electron chi connectivity index (χ2n) is 3.84. The molecule has 2 rings (SSSR count). The molecule has 1 unspecified atom stereocenters. The van der Waals surface area contributed by atoms with Crippen LogP contribution in [0.5, 0.6) is 0 Å². The summed E-state index contributed by atoms with van der Waals surface area (Å²) in [7, 11) is 0. The van der Waals surface area contributed by atoms with Crippen LogP contribution in [0.4, 0.5) is 4.39 Å². The maximum Gasteiger partial charge on any atom is 0.123 e. The molecule has 1 N–H and O–H groups in total. The van der Waals surface area contributed by atoms with Crippen molar-refractivity contribution in [2.45, 2.75) is 20.0 Å². The molecule has 1 heterocycles. The third-order valence-electron chi connectivity index (χ3n) is 2.73. The van der Waals surface area contributed by atoms with E-state index >= 15 is 0 Å². The summed E-state index contributed by atoms with van der Waals surface area (Å²) in [6, 6.07) is 6.09. The molecule has 2 nitrogen and oxygen atoms in total. The summed E-state index contributed by atoms with van der Waals surface area (Å²) in [5.41, 5.74) is 2.10. The number of halogens is 1. The maximum absolute atomic E-state index is 13.1. The van der Waals surface area contributed by atoms with E-state index < -0.39 is 6.10 Å². The van der Waals surface area contributed by atoms with E-state index in [1.807, 2.05) is 6.92 Å². The highest BCUT2D eigenvalue weighted by Crippen LogP contribution is 2.28. The predicted molar refractivity (Wildman–Crippen MR) is 58.6 cm³/mol. The monoisotopic (exact) mass is 220 g/mol. The van der Waals surface area contributed by atoms with Crippen molar-refractivity contribution in [3.8, 4) is 0 Å². The molecule has 84 valence electrons. The lowest BCUT2D eigenvalue weighted by atomic mass is 9.98. The lowest BCUT2D eigenvalue weighted by Gasteiger charge is -2.13. The van der Waals surface area contributed by atoms with Crippen LogP contribution in [0.2, 0.25) is 0 Å². The van der Waals surface area contributed by atoms with E-state index in [4.69, 9.17) is 4.42 Å². The molecular formula is C13H13FO2. The molecule has 1 aromatic heterocycles. The van der Waals surface area contributed by atoms with Crippen LogP contribution in [-0.2, 0) is 0 Å². The van der Waals surface area contributed by atoms with E-state index in [2.05, 4.69) is 0 Å². The summed E-state index contributed by atoms with van der Waals surface area (Å²) in [6.45, 7) is 3.61. The molecule has 0 fully saturated rings. The Morgan fingerprint density at radius 3 is 2.56 bits per heavy atom. The van der Waals surface area contributed by atoms with E-state index in [0.717, 1.165) is 5.56 Å². The molecule has 0 aliphatic rings. The Kier molecular flexibility index (Phi) is 2.79. The third-order valence-corrected chi connectivity index (χ3v) is 2.73. The van der Waals surface area contributed by atoms with Gasteiger partial charge in [-0.1, -0.05) is 6.07 Å². The minimum absolute atomic E-state index is 0.346. The fourth-order valence-electron chi connectivity index (χ4n) is 1.75. The van der Waals surface area contributed by atoms with Crippen LogP contribution in [0.3, 0.4) is 0 Å². The van der Waals surface area contributed by atoms with Crippen molar-refractivity contribution in [2.75, 3.05) is 0 Å². The van der Waals surface area contributed by atoms with Crippen molar-refractivity contribution in [1.82, 2.24) is 0 Å². The molecule has 1 aromatic carbocycles. The van der Waals surface area contributed by atoms with Crippen molar-refractivity contribution in [1.29, 1.82) is 0 Å². The first-order chi connectivity index (χ1) is 7.59. The van der Waals surface area contributed by atoms with Gasteiger partial charge in [0.2, 0.25) is 0 Å². The Morgan fingerprint density at radius 1 is 1.19 bits per heavy atom. The van der Waals surface area contributed by atoms with E-state index in [0.29, 0.717) is 16.9 Å². The van der Waals surface area contributed by atoms with Gasteiger partial charge in [-0.2, -0.15) is 0 Å². The highest BCUT2D eigenvalue weighted by atomic mass is 19.1. The fraction of sp³-hybridized carbons (Fsp3) is 0.231. The van der Waals surface area contributed by atoms with Crippen molar-refractivity contribution in [3.63, 3.8) is 0 Å². The van der Waals surface area contributed by atoms with Gasteiger partial charge in [0.25, 0.3) is 0 Å². The number of aliphatic hydroxyl groups is 1. The first-order valence-corrected chi connectivity index (χ1v) is 5.07. The zero-order valence-corrected chi connectivity index (χ0v) is 9.20. The average molecular weight is 220 g/mol. The largest absolute Gasteiger partial charge is 0.469 e. The molecular weight excluding hydrogens is 207 g/mol. The standard InChI is InChI=1S/C13H13FO2/c1-8-3-4-10(14)7-12(8)13(15)11-5-6-16-9(11)2/h3-7,13,15H,1-2H3. The molecule has 0 saturated heterocycles. The Hall–Kier alpha value is -1.61. The zero-order chi connectivity index (χ0) is 11.7. The van der Waals surface area contributed by atoms with Crippen LogP contribution in [0.15, 0.2) is 34.9 Å². The molecule has 0 amide bonds. The first kappa shape index (κ1) is 10.9. The molecule has 3 heteroatoms. The Balaban J connectivity index is 2.45. The van der Waals surface area contributed by atoms with Crippen molar-refractivity contribution < 1.29 is 13.9 Å². The van der Waals surface area contributed by atoms with E-state index in [9.17, 15) is 9.50 Å². The number of hydrogen-bond donors (Lipinski definition) is 1. The summed E-state index contributed by atoms with van der Waals surface area (Å²) < 4.78 is 18.2. The number of aliphatic hydroxyl groups excluding tert-OH is 1. The minimum Gasteiger partial charge on any atom is -0.469 e. The molecule has 2 aromatic rings. The van der Waals surface area contributed by atoms with Crippen LogP contribution >= 0.6 is 0 Å². The molecule has 0 bridgehead atoms. The summed E-state index contributed by atoms with van der Waals surface area (Å²) in [6.07, 6.45) is 0.678. The van der Waals surface area contributed by atoms with Gasteiger partial charge >= 0.3 is 0 Å². The summed E-state index contributed by atoms with van der Waals surface area (Å²) in [4.78, 5) is 0. The van der Waals surface area contributed by atoms with Crippen molar-refractivity contribution in [2.24, 2.45) is 0 Å². The quantitative estimate of drug-likeness (QED) is 0.843. The Morgan fingerprint density at radius 2 is 1.94 bits per heavy atom. The van der Waals surface area contributed by atoms with Gasteiger partial charge in [-0.05, 0) is 43.2 Å². The fourth-order valence-corrected chi connectivity index (χ4v) is 1.75. The van der Waals surface area contributed by atoms with E-state index in [1.54, 1.807) is 19.1 Å². The Labute approximate surface area is 93.3 Å². The van der Waals surface area contributed by atoms with Crippen LogP contribution in [0, 0.1) is 19.7 Å². The number of hydrogen-bond acceptors (Lipinski definition) is 2. The number of furan rings is 1. The molecule has 0 aliphatic heterocycles. The molecule has 0 radical (unpaired) electrons. The van der Waals surface area contributed by atoms with Crippen LogP contribution < -0.4 is 0 Å². The van der Waals surface area contributed by atoms with Gasteiger partial charge in [0, 0.05) is 5.56 Å². The van der Waals surface area contributed by atoms with Gasteiger partial charge in [0.15, 0.2) is 0 Å². The molecule has 0 aliphatic carbocycles. The summed E-state index contributed by atoms with van der Waals surface area (Å²) >= 11 is 0. The second kappa shape index (κ2) is 4.10. The molecule has 0 saturated carbocycles. The lowest BCUT2D eigenvalue weighted by molar-refractivity contribution is 0.216. The number of benzene rings is 1. The highest BCUT2D eigenvalue weighted by molar-refractivity contribution is 5.36. The average Bonchev–Trinajstić information content (AvgIpc) is 2.67. The SMILES string of the molecule is Cc1ccc(F)cc1C(O)c1ccoc1C. The summed E-state index contributed by atoms with van der Waals surface area (Å²) in [5.74, 6) is 0.303. The zero-order valence-electron chi connectivity index (χ0n) is 9.20. The van der Waals surface area contributed by atoms with Crippen LogP contribution in [0.25, 0.3) is 0 Å². The molecule has 16 heavy (non-hydrogen) atoms. The molecule has 0 spiro atoms. The Bertz CT molecular complexity index is 502. The first-order valence-electron chi connectivity index (χ1n) is 5.07. The second-order valence-corrected chi connectivity index (χ2v) is 3.84. The van der Waals surface area contributed by atoms with Gasteiger partial charge in [-0.25, -0.2) is 4.39 Å². The number of rotatable bonds is 2. The van der Waals surface area contributed by atoms with Gasteiger partial charge in [0.05, 0.1) is 6.26 Å². The third kappa shape index (κ3) is 1.86. The van der Waals surface area contributed by atoms with E-state index in [-0.39, 0.29) is 5.82 Å². The summed E-state index contributed by atoms with van der Waals surface area (Å²) in [5, 5.41) is 10.1. The predicted octanol–water partition coefficient (Wildman–Crippen LogP) is 3.12. The van der Waals surface area contributed by atoms with E-state index in [1.165, 1.54) is 18.4 Å². The topological polar surface area (TPSA) is 33.4 Å². The normalized spacial score (nSPS) is 12.8. The van der Waals surface area contributed by atoms with Gasteiger partial charge in [-0.3, -0.25) is 0 Å². The van der Waals surface area contributed by atoms with Crippen LogP contribution in [-0.4, -0.2) is 5.11 Å². The van der Waals surface area contributed by atoms with Crippen molar-refractivity contribution >= 4 is 0 Å². The van der Waals surface area contributed by atoms with Gasteiger partial charge in [-0.15, -0.1) is 0 Å². The van der Waals surface area contributed by atoms with Gasteiger partial charge < -0.3 is 9.52 Å². The molecule has 1 atom stereocenters. The smallest absolute Gasteiger partial charge is 0.123 e. The number of aryl methyl sites for hydroxylation is 2. The van der Waals surface area contributed by atoms with Crippen LogP contribution in [0.1, 0.15) is 28.6 Å². The highest BCUT2D eigenvalue weighted by Gasteiger charge is 2.17.